The third kappa shape index (κ3) is 2.64. The molecule has 1 aromatic heterocycles. The van der Waals surface area contributed by atoms with Gasteiger partial charge in [-0.25, -0.2) is 22.6 Å². The fraction of sp³-hybridized carbons (Fsp3) is 0.0909. The van der Waals surface area contributed by atoms with E-state index in [-0.39, 0.29) is 10.5 Å². The molecule has 0 bridgehead atoms. The van der Waals surface area contributed by atoms with Crippen LogP contribution in [0.15, 0.2) is 41.6 Å². The number of rotatable bonds is 4. The van der Waals surface area contributed by atoms with Crippen molar-refractivity contribution in [2.24, 2.45) is 0 Å². The number of nitrogens with zero attached hydrogens (tertiary/aromatic N) is 2. The number of benzene rings is 1. The van der Waals surface area contributed by atoms with Crippen molar-refractivity contribution < 1.29 is 18.3 Å². The van der Waals surface area contributed by atoms with E-state index in [0.29, 0.717) is 5.69 Å². The highest BCUT2D eigenvalue weighted by molar-refractivity contribution is 7.89. The van der Waals surface area contributed by atoms with Crippen molar-refractivity contribution in [3.05, 3.63) is 42.2 Å². The predicted molar refractivity (Wildman–Crippen MR) is 66.8 cm³/mol. The summed E-state index contributed by atoms with van der Waals surface area (Å²) in [6.45, 7) is 0. The molecule has 2 aromatic rings. The molecular weight excluding hydrogens is 270 g/mol. The van der Waals surface area contributed by atoms with Crippen LogP contribution in [0.3, 0.4) is 0 Å². The number of sulfonamides is 1. The highest BCUT2D eigenvalue weighted by Crippen LogP contribution is 2.13. The van der Waals surface area contributed by atoms with Gasteiger partial charge in [0.1, 0.15) is 0 Å². The lowest BCUT2D eigenvalue weighted by Gasteiger charge is -2.04. The Morgan fingerprint density at radius 2 is 1.95 bits per heavy atom. The number of carboxylic acids is 1. The lowest BCUT2D eigenvalue weighted by Crippen LogP contribution is -2.18. The molecule has 0 aliphatic carbocycles. The van der Waals surface area contributed by atoms with E-state index in [4.69, 9.17) is 5.11 Å². The lowest BCUT2D eigenvalue weighted by atomic mass is 10.3. The van der Waals surface area contributed by atoms with Gasteiger partial charge in [0.2, 0.25) is 10.0 Å². The largest absolute Gasteiger partial charge is 0.478 e. The number of aromatic nitrogens is 2. The number of aromatic carboxylic acids is 1. The van der Waals surface area contributed by atoms with Gasteiger partial charge in [0, 0.05) is 6.20 Å². The Kier molecular flexibility index (Phi) is 3.36. The van der Waals surface area contributed by atoms with E-state index in [9.17, 15) is 13.2 Å². The van der Waals surface area contributed by atoms with Crippen LogP contribution in [0.4, 0.5) is 0 Å². The summed E-state index contributed by atoms with van der Waals surface area (Å²) in [5.41, 5.74) is 0.634. The van der Waals surface area contributed by atoms with Crippen molar-refractivity contribution in [1.29, 1.82) is 0 Å². The van der Waals surface area contributed by atoms with E-state index < -0.39 is 16.0 Å². The summed E-state index contributed by atoms with van der Waals surface area (Å²) in [7, 11) is -2.15. The van der Waals surface area contributed by atoms with Gasteiger partial charge in [-0.1, -0.05) is 0 Å². The number of nitrogens with one attached hydrogen (secondary N) is 1. The van der Waals surface area contributed by atoms with Crippen molar-refractivity contribution in [2.45, 2.75) is 4.90 Å². The topological polar surface area (TPSA) is 101 Å². The second kappa shape index (κ2) is 4.82. The molecule has 0 atom stereocenters. The Bertz CT molecular complexity index is 704. The SMILES string of the molecule is CNS(=O)(=O)c1ccc(-n2cc(C(=O)O)cn2)cc1. The van der Waals surface area contributed by atoms with Crippen LogP contribution in [0.25, 0.3) is 5.69 Å². The zero-order chi connectivity index (χ0) is 14.0. The van der Waals surface area contributed by atoms with Gasteiger partial charge in [-0.15, -0.1) is 0 Å². The summed E-state index contributed by atoms with van der Waals surface area (Å²) >= 11 is 0. The van der Waals surface area contributed by atoms with Crippen molar-refractivity contribution in [3.8, 4) is 5.69 Å². The minimum atomic E-state index is -3.48. The molecule has 8 heteroatoms. The van der Waals surface area contributed by atoms with Crippen LogP contribution < -0.4 is 4.72 Å². The van der Waals surface area contributed by atoms with Crippen LogP contribution in [0.2, 0.25) is 0 Å². The molecule has 0 fully saturated rings. The summed E-state index contributed by atoms with van der Waals surface area (Å²) in [6.07, 6.45) is 2.57. The second-order valence-electron chi connectivity index (χ2n) is 3.68. The monoisotopic (exact) mass is 281 g/mol. The molecule has 0 radical (unpaired) electrons. The molecule has 1 aromatic carbocycles. The maximum Gasteiger partial charge on any atom is 0.338 e. The average molecular weight is 281 g/mol. The first-order chi connectivity index (χ1) is 8.94. The van der Waals surface area contributed by atoms with Gasteiger partial charge in [-0.05, 0) is 31.3 Å². The fourth-order valence-corrected chi connectivity index (χ4v) is 2.20. The molecule has 7 nitrogen and oxygen atoms in total. The first-order valence-electron chi connectivity index (χ1n) is 5.26. The zero-order valence-corrected chi connectivity index (χ0v) is 10.8. The molecule has 0 spiro atoms. The molecule has 2 N–H and O–H groups in total. The maximum atomic E-state index is 11.5. The van der Waals surface area contributed by atoms with Crippen LogP contribution in [0.5, 0.6) is 0 Å². The first kappa shape index (κ1) is 13.2. The molecule has 0 unspecified atom stereocenters. The molecule has 100 valence electrons. The van der Waals surface area contributed by atoms with Crippen molar-refractivity contribution >= 4 is 16.0 Å². The van der Waals surface area contributed by atoms with Crippen LogP contribution in [-0.4, -0.2) is 36.3 Å². The first-order valence-corrected chi connectivity index (χ1v) is 6.74. The van der Waals surface area contributed by atoms with Gasteiger partial charge in [-0.3, -0.25) is 0 Å². The van der Waals surface area contributed by atoms with E-state index in [1.54, 1.807) is 12.1 Å². The van der Waals surface area contributed by atoms with Gasteiger partial charge in [0.15, 0.2) is 0 Å². The number of carboxylic acid groups (broad SMARTS) is 1. The van der Waals surface area contributed by atoms with Gasteiger partial charge in [0.05, 0.1) is 22.3 Å². The smallest absolute Gasteiger partial charge is 0.338 e. The van der Waals surface area contributed by atoms with E-state index >= 15 is 0 Å². The highest BCUT2D eigenvalue weighted by Gasteiger charge is 2.11. The number of hydrogen-bond donors (Lipinski definition) is 2. The second-order valence-corrected chi connectivity index (χ2v) is 5.57. The van der Waals surface area contributed by atoms with E-state index in [1.807, 2.05) is 0 Å². The molecule has 0 saturated carbocycles. The summed E-state index contributed by atoms with van der Waals surface area (Å²) in [5, 5.41) is 12.7. The molecular formula is C11H11N3O4S. The van der Waals surface area contributed by atoms with Crippen LogP contribution in [0.1, 0.15) is 10.4 Å². The fourth-order valence-electron chi connectivity index (χ4n) is 1.47. The maximum absolute atomic E-state index is 11.5. The molecule has 1 heterocycles. The molecule has 19 heavy (non-hydrogen) atoms. The molecule has 0 amide bonds. The minimum Gasteiger partial charge on any atom is -0.478 e. The Hall–Kier alpha value is -2.19. The summed E-state index contributed by atoms with van der Waals surface area (Å²) in [5.74, 6) is -1.07. The van der Waals surface area contributed by atoms with Crippen LogP contribution in [-0.2, 0) is 10.0 Å². The normalized spacial score (nSPS) is 11.4. The predicted octanol–water partition coefficient (Wildman–Crippen LogP) is 0.479. The van der Waals surface area contributed by atoms with E-state index in [2.05, 4.69) is 9.82 Å². The van der Waals surface area contributed by atoms with Gasteiger partial charge >= 0.3 is 5.97 Å². The average Bonchev–Trinajstić information content (AvgIpc) is 2.88. The molecule has 0 aliphatic heterocycles. The van der Waals surface area contributed by atoms with Gasteiger partial charge < -0.3 is 5.11 Å². The Morgan fingerprint density at radius 1 is 1.32 bits per heavy atom. The van der Waals surface area contributed by atoms with Crippen LogP contribution in [0, 0.1) is 0 Å². The van der Waals surface area contributed by atoms with Crippen molar-refractivity contribution in [1.82, 2.24) is 14.5 Å². The molecule has 2 rings (SSSR count). The summed E-state index contributed by atoms with van der Waals surface area (Å²) < 4.78 is 26.6. The zero-order valence-electron chi connectivity index (χ0n) is 9.94. The van der Waals surface area contributed by atoms with E-state index in [1.165, 1.54) is 36.3 Å². The van der Waals surface area contributed by atoms with Crippen molar-refractivity contribution in [3.63, 3.8) is 0 Å². The Labute approximate surface area is 109 Å². The van der Waals surface area contributed by atoms with Gasteiger partial charge in [-0.2, -0.15) is 5.10 Å². The lowest BCUT2D eigenvalue weighted by molar-refractivity contribution is 0.0697. The highest BCUT2D eigenvalue weighted by atomic mass is 32.2. The van der Waals surface area contributed by atoms with Gasteiger partial charge in [0.25, 0.3) is 0 Å². The minimum absolute atomic E-state index is 0.0620. The number of carbonyl (C=O) groups is 1. The Balaban J connectivity index is 2.35. The van der Waals surface area contributed by atoms with E-state index in [0.717, 1.165) is 0 Å². The summed E-state index contributed by atoms with van der Waals surface area (Å²) in [4.78, 5) is 10.9. The quantitative estimate of drug-likeness (QED) is 0.848. The van der Waals surface area contributed by atoms with Crippen LogP contribution >= 0.6 is 0 Å². The Morgan fingerprint density at radius 3 is 2.42 bits per heavy atom. The number of hydrogen-bond acceptors (Lipinski definition) is 4. The third-order valence-corrected chi connectivity index (χ3v) is 3.94. The molecule has 0 aliphatic rings. The van der Waals surface area contributed by atoms with Crippen molar-refractivity contribution in [2.75, 3.05) is 7.05 Å². The third-order valence-electron chi connectivity index (χ3n) is 2.51. The molecule has 0 saturated heterocycles. The standard InChI is InChI=1S/C11H11N3O4S/c1-12-19(17,18)10-4-2-9(3-5-10)14-7-8(6-13-14)11(15)16/h2-7,12H,1H3,(H,15,16). The summed E-state index contributed by atoms with van der Waals surface area (Å²) in [6, 6.07) is 5.93.